The molecule has 90 valence electrons. The molecule has 5 nitrogen and oxygen atoms in total. The van der Waals surface area contributed by atoms with Crippen LogP contribution in [0.5, 0.6) is 0 Å². The summed E-state index contributed by atoms with van der Waals surface area (Å²) in [5, 5.41) is 0. The number of ether oxygens (including phenoxy) is 2. The van der Waals surface area contributed by atoms with E-state index >= 15 is 0 Å². The summed E-state index contributed by atoms with van der Waals surface area (Å²) in [7, 11) is 1.27. The van der Waals surface area contributed by atoms with E-state index < -0.39 is 11.9 Å². The SMILES string of the molecule is CCOC(=O)C=Cc1cccnc1C(=O)OC. The highest BCUT2D eigenvalue weighted by Crippen LogP contribution is 2.09. The minimum Gasteiger partial charge on any atom is -0.464 e. The molecule has 0 amide bonds. The Hall–Kier alpha value is -2.17. The van der Waals surface area contributed by atoms with Crippen molar-refractivity contribution in [3.8, 4) is 0 Å². The lowest BCUT2D eigenvalue weighted by molar-refractivity contribution is -0.137. The first-order valence-electron chi connectivity index (χ1n) is 5.07. The van der Waals surface area contributed by atoms with Gasteiger partial charge in [0.2, 0.25) is 0 Å². The first kappa shape index (κ1) is 12.9. The van der Waals surface area contributed by atoms with Gasteiger partial charge in [-0.3, -0.25) is 0 Å². The summed E-state index contributed by atoms with van der Waals surface area (Å²) >= 11 is 0. The van der Waals surface area contributed by atoms with Gasteiger partial charge in [-0.1, -0.05) is 6.07 Å². The van der Waals surface area contributed by atoms with Crippen LogP contribution in [0.15, 0.2) is 24.4 Å². The number of pyridine rings is 1. The predicted molar refractivity (Wildman–Crippen MR) is 61.2 cm³/mol. The van der Waals surface area contributed by atoms with Gasteiger partial charge in [-0.05, 0) is 19.1 Å². The third kappa shape index (κ3) is 3.71. The van der Waals surface area contributed by atoms with Gasteiger partial charge in [-0.25, -0.2) is 14.6 Å². The highest BCUT2D eigenvalue weighted by molar-refractivity contribution is 5.94. The van der Waals surface area contributed by atoms with Crippen molar-refractivity contribution in [2.45, 2.75) is 6.92 Å². The van der Waals surface area contributed by atoms with Crippen molar-refractivity contribution in [1.82, 2.24) is 4.98 Å². The summed E-state index contributed by atoms with van der Waals surface area (Å²) in [6.07, 6.45) is 4.19. The molecule has 0 N–H and O–H groups in total. The minimum absolute atomic E-state index is 0.163. The number of esters is 2. The second-order valence-corrected chi connectivity index (χ2v) is 3.02. The van der Waals surface area contributed by atoms with Crippen molar-refractivity contribution in [2.75, 3.05) is 13.7 Å². The first-order chi connectivity index (χ1) is 8.19. The lowest BCUT2D eigenvalue weighted by Crippen LogP contribution is -2.06. The normalized spacial score (nSPS) is 10.2. The maximum Gasteiger partial charge on any atom is 0.357 e. The van der Waals surface area contributed by atoms with Gasteiger partial charge in [-0.2, -0.15) is 0 Å². The van der Waals surface area contributed by atoms with E-state index in [0.717, 1.165) is 0 Å². The highest BCUT2D eigenvalue weighted by Gasteiger charge is 2.10. The van der Waals surface area contributed by atoms with Crippen LogP contribution >= 0.6 is 0 Å². The molecule has 17 heavy (non-hydrogen) atoms. The quantitative estimate of drug-likeness (QED) is 0.583. The molecule has 1 aromatic heterocycles. The van der Waals surface area contributed by atoms with Crippen molar-refractivity contribution in [3.63, 3.8) is 0 Å². The molecule has 0 spiro atoms. The summed E-state index contributed by atoms with van der Waals surface area (Å²) in [5.74, 6) is -1.01. The van der Waals surface area contributed by atoms with E-state index in [4.69, 9.17) is 4.74 Å². The summed E-state index contributed by atoms with van der Waals surface area (Å²) in [6, 6.07) is 3.33. The van der Waals surface area contributed by atoms with Crippen LogP contribution in [0.1, 0.15) is 23.0 Å². The van der Waals surface area contributed by atoms with Gasteiger partial charge < -0.3 is 9.47 Å². The topological polar surface area (TPSA) is 65.5 Å². The Kier molecular flexibility index (Phi) is 4.87. The lowest BCUT2D eigenvalue weighted by atomic mass is 10.2. The van der Waals surface area contributed by atoms with Crippen molar-refractivity contribution >= 4 is 18.0 Å². The van der Waals surface area contributed by atoms with Crippen LogP contribution in [0.25, 0.3) is 6.08 Å². The van der Waals surface area contributed by atoms with E-state index in [2.05, 4.69) is 9.72 Å². The molecule has 0 atom stereocenters. The Balaban J connectivity index is 2.91. The smallest absolute Gasteiger partial charge is 0.357 e. The summed E-state index contributed by atoms with van der Waals surface area (Å²) in [6.45, 7) is 2.02. The zero-order chi connectivity index (χ0) is 12.7. The largest absolute Gasteiger partial charge is 0.464 e. The fourth-order valence-corrected chi connectivity index (χ4v) is 1.17. The van der Waals surface area contributed by atoms with Gasteiger partial charge in [0.1, 0.15) is 0 Å². The molecule has 0 unspecified atom stereocenters. The molecule has 0 aliphatic carbocycles. The molecule has 5 heteroatoms. The van der Waals surface area contributed by atoms with Crippen LogP contribution in [0, 0.1) is 0 Å². The number of aromatic nitrogens is 1. The maximum atomic E-state index is 11.4. The molecular formula is C12H13NO4. The average Bonchev–Trinajstić information content (AvgIpc) is 2.36. The van der Waals surface area contributed by atoms with Crippen molar-refractivity contribution in [1.29, 1.82) is 0 Å². The molecule has 1 aromatic rings. The number of nitrogens with zero attached hydrogens (tertiary/aromatic N) is 1. The molecule has 0 aliphatic rings. The number of hydrogen-bond donors (Lipinski definition) is 0. The molecule has 0 radical (unpaired) electrons. The summed E-state index contributed by atoms with van der Waals surface area (Å²) in [4.78, 5) is 26.4. The molecule has 0 aromatic carbocycles. The molecular weight excluding hydrogens is 222 g/mol. The van der Waals surface area contributed by atoms with Crippen molar-refractivity contribution in [3.05, 3.63) is 35.7 Å². The lowest BCUT2D eigenvalue weighted by Gasteiger charge is -2.01. The minimum atomic E-state index is -0.547. The van der Waals surface area contributed by atoms with Crippen molar-refractivity contribution < 1.29 is 19.1 Å². The zero-order valence-electron chi connectivity index (χ0n) is 9.67. The van der Waals surface area contributed by atoms with Crippen molar-refractivity contribution in [2.24, 2.45) is 0 Å². The number of carbonyl (C=O) groups excluding carboxylic acids is 2. The molecule has 0 saturated heterocycles. The Morgan fingerprint density at radius 1 is 1.47 bits per heavy atom. The summed E-state index contributed by atoms with van der Waals surface area (Å²) in [5.41, 5.74) is 0.669. The molecule has 0 saturated carbocycles. The highest BCUT2D eigenvalue weighted by atomic mass is 16.5. The van der Waals surface area contributed by atoms with E-state index in [0.29, 0.717) is 12.2 Å². The number of hydrogen-bond acceptors (Lipinski definition) is 5. The first-order valence-corrected chi connectivity index (χ1v) is 5.07. The van der Waals surface area contributed by atoms with Gasteiger partial charge in [0.15, 0.2) is 5.69 Å². The zero-order valence-corrected chi connectivity index (χ0v) is 9.67. The fourth-order valence-electron chi connectivity index (χ4n) is 1.17. The fraction of sp³-hybridized carbons (Fsp3) is 0.250. The third-order valence-electron chi connectivity index (χ3n) is 1.90. The van der Waals surface area contributed by atoms with Crippen LogP contribution in [0.4, 0.5) is 0 Å². The van der Waals surface area contributed by atoms with Crippen LogP contribution in [-0.4, -0.2) is 30.6 Å². The van der Waals surface area contributed by atoms with Crippen LogP contribution in [0.3, 0.4) is 0 Å². The van der Waals surface area contributed by atoms with Gasteiger partial charge in [0.05, 0.1) is 13.7 Å². The van der Waals surface area contributed by atoms with E-state index in [9.17, 15) is 9.59 Å². The van der Waals surface area contributed by atoms with Crippen LogP contribution < -0.4 is 0 Å². The Bertz CT molecular complexity index is 440. The summed E-state index contributed by atoms with van der Waals surface area (Å²) < 4.78 is 9.31. The van der Waals surface area contributed by atoms with E-state index in [1.165, 1.54) is 25.5 Å². The van der Waals surface area contributed by atoms with Crippen LogP contribution in [0.2, 0.25) is 0 Å². The number of rotatable bonds is 4. The molecule has 1 heterocycles. The average molecular weight is 235 g/mol. The Labute approximate surface area is 99.1 Å². The monoisotopic (exact) mass is 235 g/mol. The van der Waals surface area contributed by atoms with E-state index in [1.807, 2.05) is 0 Å². The Morgan fingerprint density at radius 3 is 2.88 bits per heavy atom. The van der Waals surface area contributed by atoms with Gasteiger partial charge in [0.25, 0.3) is 0 Å². The molecule has 1 rings (SSSR count). The second-order valence-electron chi connectivity index (χ2n) is 3.02. The number of carbonyl (C=O) groups is 2. The maximum absolute atomic E-state index is 11.4. The van der Waals surface area contributed by atoms with E-state index in [-0.39, 0.29) is 5.69 Å². The van der Waals surface area contributed by atoms with Gasteiger partial charge >= 0.3 is 11.9 Å². The van der Waals surface area contributed by atoms with Crippen LogP contribution in [-0.2, 0) is 14.3 Å². The van der Waals surface area contributed by atoms with E-state index in [1.54, 1.807) is 19.1 Å². The Morgan fingerprint density at radius 2 is 2.24 bits per heavy atom. The third-order valence-corrected chi connectivity index (χ3v) is 1.90. The standard InChI is InChI=1S/C12H13NO4/c1-3-17-10(14)7-6-9-5-4-8-13-11(9)12(15)16-2/h4-8H,3H2,1-2H3. The molecule has 0 fully saturated rings. The van der Waals surface area contributed by atoms with Gasteiger partial charge in [0, 0.05) is 17.8 Å². The molecule has 0 bridgehead atoms. The predicted octanol–water partition coefficient (Wildman–Crippen LogP) is 1.44. The molecule has 0 aliphatic heterocycles. The number of methoxy groups -OCH3 is 1. The second kappa shape index (κ2) is 6.42. The van der Waals surface area contributed by atoms with Gasteiger partial charge in [-0.15, -0.1) is 0 Å².